The monoisotopic (exact) mass is 403 g/mol. The van der Waals surface area contributed by atoms with Gasteiger partial charge < -0.3 is 10.2 Å². The van der Waals surface area contributed by atoms with Crippen LogP contribution in [0.3, 0.4) is 0 Å². The average molecular weight is 404 g/mol. The van der Waals surface area contributed by atoms with Gasteiger partial charge in [-0.25, -0.2) is 4.39 Å². The second-order valence-corrected chi connectivity index (χ2v) is 8.89. The van der Waals surface area contributed by atoms with Crippen molar-refractivity contribution in [1.29, 1.82) is 0 Å². The largest absolute Gasteiger partial charge is 0.369 e. The van der Waals surface area contributed by atoms with Gasteiger partial charge in [-0.05, 0) is 48.6 Å². The first-order valence-electron chi connectivity index (χ1n) is 10.0. The molecule has 1 aliphatic rings. The number of hydrogen-bond acceptors (Lipinski definition) is 4. The minimum absolute atomic E-state index is 0.0438. The molecule has 1 aromatic heterocycles. The van der Waals surface area contributed by atoms with E-state index in [2.05, 4.69) is 53.4 Å². The first-order chi connectivity index (χ1) is 13.4. The summed E-state index contributed by atoms with van der Waals surface area (Å²) in [6, 6.07) is 11.2. The molecule has 1 fully saturated rings. The Labute approximate surface area is 171 Å². The highest BCUT2D eigenvalue weighted by molar-refractivity contribution is 7.10. The summed E-state index contributed by atoms with van der Waals surface area (Å²) in [7, 11) is 0. The van der Waals surface area contributed by atoms with Crippen LogP contribution in [0.15, 0.2) is 41.8 Å². The molecule has 0 bridgehead atoms. The minimum Gasteiger partial charge on any atom is -0.369 e. The van der Waals surface area contributed by atoms with Crippen molar-refractivity contribution in [3.8, 4) is 0 Å². The predicted molar refractivity (Wildman–Crippen MR) is 114 cm³/mol. The highest BCUT2D eigenvalue weighted by atomic mass is 32.1. The number of hydrogen-bond donors (Lipinski definition) is 1. The Balaban J connectivity index is 1.66. The lowest BCUT2D eigenvalue weighted by molar-refractivity contribution is -0.122. The van der Waals surface area contributed by atoms with E-state index < -0.39 is 0 Å². The molecule has 28 heavy (non-hydrogen) atoms. The molecule has 3 rings (SSSR count). The number of carbonyl (C=O) groups excluding carboxylic acids is 1. The summed E-state index contributed by atoms with van der Waals surface area (Å²) in [5.41, 5.74) is 1.06. The number of anilines is 1. The Morgan fingerprint density at radius 2 is 1.79 bits per heavy atom. The van der Waals surface area contributed by atoms with E-state index >= 15 is 0 Å². The average Bonchev–Trinajstić information content (AvgIpc) is 3.16. The number of rotatable bonds is 7. The van der Waals surface area contributed by atoms with Gasteiger partial charge >= 0.3 is 0 Å². The highest BCUT2D eigenvalue weighted by Gasteiger charge is 2.31. The lowest BCUT2D eigenvalue weighted by Crippen LogP contribution is -2.52. The van der Waals surface area contributed by atoms with E-state index in [-0.39, 0.29) is 23.8 Å². The van der Waals surface area contributed by atoms with E-state index in [0.29, 0.717) is 12.3 Å². The van der Waals surface area contributed by atoms with E-state index in [9.17, 15) is 9.18 Å². The summed E-state index contributed by atoms with van der Waals surface area (Å²) in [5.74, 6) is 0.270. The van der Waals surface area contributed by atoms with E-state index in [1.807, 2.05) is 12.1 Å². The van der Waals surface area contributed by atoms with Crippen molar-refractivity contribution >= 4 is 22.9 Å². The van der Waals surface area contributed by atoms with Crippen molar-refractivity contribution < 1.29 is 9.18 Å². The van der Waals surface area contributed by atoms with Gasteiger partial charge in [0.05, 0.1) is 6.04 Å². The molecule has 1 aromatic carbocycles. The highest BCUT2D eigenvalue weighted by Crippen LogP contribution is 2.30. The fourth-order valence-corrected chi connectivity index (χ4v) is 4.84. The lowest BCUT2D eigenvalue weighted by Gasteiger charge is -2.42. The van der Waals surface area contributed by atoms with Crippen molar-refractivity contribution in [2.75, 3.05) is 31.1 Å². The van der Waals surface area contributed by atoms with Gasteiger partial charge in [-0.3, -0.25) is 9.69 Å². The zero-order chi connectivity index (χ0) is 20.1. The molecule has 1 amide bonds. The van der Waals surface area contributed by atoms with Crippen molar-refractivity contribution in [2.24, 2.45) is 5.92 Å². The van der Waals surface area contributed by atoms with Crippen molar-refractivity contribution in [2.45, 2.75) is 39.3 Å². The minimum atomic E-state index is -0.203. The zero-order valence-electron chi connectivity index (χ0n) is 16.9. The number of nitrogens with zero attached hydrogens (tertiary/aromatic N) is 2. The molecular weight excluding hydrogens is 373 g/mol. The van der Waals surface area contributed by atoms with Crippen LogP contribution in [0.4, 0.5) is 10.1 Å². The summed E-state index contributed by atoms with van der Waals surface area (Å²) < 4.78 is 13.2. The van der Waals surface area contributed by atoms with E-state index in [1.54, 1.807) is 11.3 Å². The summed E-state index contributed by atoms with van der Waals surface area (Å²) in [6.07, 6.45) is 0.555. The molecule has 2 aromatic rings. The van der Waals surface area contributed by atoms with Gasteiger partial charge in [-0.15, -0.1) is 11.3 Å². The van der Waals surface area contributed by atoms with Crippen molar-refractivity contribution in [3.63, 3.8) is 0 Å². The normalized spacial score (nSPS) is 17.5. The Bertz CT molecular complexity index is 740. The van der Waals surface area contributed by atoms with Crippen LogP contribution < -0.4 is 10.2 Å². The molecule has 4 nitrogen and oxygen atoms in total. The van der Waals surface area contributed by atoms with Crippen molar-refractivity contribution in [3.05, 3.63) is 52.5 Å². The molecule has 1 aliphatic heterocycles. The molecule has 2 heterocycles. The molecule has 0 unspecified atom stereocenters. The van der Waals surface area contributed by atoms with E-state index in [1.165, 1.54) is 17.0 Å². The summed E-state index contributed by atoms with van der Waals surface area (Å²) in [6.45, 7) is 9.83. The van der Waals surface area contributed by atoms with Gasteiger partial charge in [-0.2, -0.15) is 0 Å². The van der Waals surface area contributed by atoms with Crippen LogP contribution in [0.5, 0.6) is 0 Å². The molecule has 1 N–H and O–H groups in total. The standard InChI is InChI=1S/C22H30FN3OS/c1-16(2)15-21(27)24-17(3)22(20-5-4-14-28-20)26-12-10-25(11-13-26)19-8-6-18(23)7-9-19/h4-9,14,16-17,22H,10-13,15H2,1-3H3,(H,24,27)/t17-,22-/m1/s1. The van der Waals surface area contributed by atoms with Gasteiger partial charge in [0, 0.05) is 49.2 Å². The maximum Gasteiger partial charge on any atom is 0.220 e. The Kier molecular flexibility index (Phi) is 7.08. The maximum absolute atomic E-state index is 13.2. The molecular formula is C22H30FN3OS. The third-order valence-corrected chi connectivity index (χ3v) is 6.13. The molecule has 0 saturated carbocycles. The number of carbonyl (C=O) groups is 1. The van der Waals surface area contributed by atoms with Gasteiger partial charge in [0.2, 0.25) is 5.91 Å². The van der Waals surface area contributed by atoms with E-state index in [0.717, 1.165) is 31.9 Å². The Morgan fingerprint density at radius 1 is 1.11 bits per heavy atom. The third kappa shape index (κ3) is 5.32. The molecule has 152 valence electrons. The lowest BCUT2D eigenvalue weighted by atomic mass is 10.0. The van der Waals surface area contributed by atoms with Crippen molar-refractivity contribution in [1.82, 2.24) is 10.2 Å². The number of nitrogens with one attached hydrogen (secondary N) is 1. The predicted octanol–water partition coefficient (Wildman–Crippen LogP) is 4.30. The smallest absolute Gasteiger partial charge is 0.220 e. The number of halogens is 1. The van der Waals surface area contributed by atoms with Gasteiger partial charge in [0.1, 0.15) is 5.82 Å². The second-order valence-electron chi connectivity index (χ2n) is 7.91. The van der Waals surface area contributed by atoms with Crippen LogP contribution in [-0.4, -0.2) is 43.0 Å². The van der Waals surface area contributed by atoms with Crippen LogP contribution in [-0.2, 0) is 4.79 Å². The zero-order valence-corrected chi connectivity index (χ0v) is 17.7. The van der Waals surface area contributed by atoms with Crippen LogP contribution >= 0.6 is 11.3 Å². The SMILES string of the molecule is CC(C)CC(=O)N[C@H](C)[C@H](c1cccs1)N1CCN(c2ccc(F)cc2)CC1. The van der Waals surface area contributed by atoms with Crippen LogP contribution in [0.25, 0.3) is 0 Å². The summed E-state index contributed by atoms with van der Waals surface area (Å²) in [5, 5.41) is 5.31. The summed E-state index contributed by atoms with van der Waals surface area (Å²) >= 11 is 1.74. The summed E-state index contributed by atoms with van der Waals surface area (Å²) in [4.78, 5) is 18.4. The number of benzene rings is 1. The molecule has 6 heteroatoms. The third-order valence-electron chi connectivity index (χ3n) is 5.19. The first-order valence-corrected chi connectivity index (χ1v) is 10.9. The second kappa shape index (κ2) is 9.52. The maximum atomic E-state index is 13.2. The van der Waals surface area contributed by atoms with Gasteiger partial charge in [0.25, 0.3) is 0 Å². The van der Waals surface area contributed by atoms with Gasteiger partial charge in [-0.1, -0.05) is 19.9 Å². The van der Waals surface area contributed by atoms with Crippen LogP contribution in [0.2, 0.25) is 0 Å². The quantitative estimate of drug-likeness (QED) is 0.749. The fourth-order valence-electron chi connectivity index (χ4n) is 3.87. The van der Waals surface area contributed by atoms with Gasteiger partial charge in [0.15, 0.2) is 0 Å². The molecule has 0 aliphatic carbocycles. The number of amides is 1. The van der Waals surface area contributed by atoms with Crippen LogP contribution in [0, 0.1) is 11.7 Å². The van der Waals surface area contributed by atoms with Crippen LogP contribution in [0.1, 0.15) is 38.1 Å². The molecule has 0 radical (unpaired) electrons. The Hall–Kier alpha value is -1.92. The molecule has 1 saturated heterocycles. The molecule has 2 atom stereocenters. The van der Waals surface area contributed by atoms with E-state index in [4.69, 9.17) is 0 Å². The number of thiophene rings is 1. The topological polar surface area (TPSA) is 35.6 Å². The fraction of sp³-hybridized carbons (Fsp3) is 0.500. The first kappa shape index (κ1) is 20.8. The number of piperazine rings is 1. The molecule has 0 spiro atoms. The Morgan fingerprint density at radius 3 is 2.36 bits per heavy atom.